The summed E-state index contributed by atoms with van der Waals surface area (Å²) in [5.41, 5.74) is 1.30. The number of hydrogen-bond acceptors (Lipinski definition) is 5. The van der Waals surface area contributed by atoms with Crippen molar-refractivity contribution in [2.24, 2.45) is 0 Å². The minimum absolute atomic E-state index is 0.317. The van der Waals surface area contributed by atoms with Crippen molar-refractivity contribution in [2.45, 2.75) is 13.0 Å². The number of hydrogen-bond donors (Lipinski definition) is 1. The molecule has 0 amide bonds. The fourth-order valence-corrected chi connectivity index (χ4v) is 2.60. The predicted molar refractivity (Wildman–Crippen MR) is 91.1 cm³/mol. The van der Waals surface area contributed by atoms with E-state index >= 15 is 0 Å². The lowest BCUT2D eigenvalue weighted by molar-refractivity contribution is 0.351. The molecule has 1 unspecified atom stereocenters. The van der Waals surface area contributed by atoms with Crippen LogP contribution in [0.15, 0.2) is 42.7 Å². The topological polar surface area (TPSA) is 56.3 Å². The van der Waals surface area contributed by atoms with Gasteiger partial charge in [-0.1, -0.05) is 12.1 Å². The van der Waals surface area contributed by atoms with Crippen LogP contribution in [0.1, 0.15) is 18.5 Å². The third-order valence-electron chi connectivity index (χ3n) is 3.87. The number of ether oxygens (including phenoxy) is 2. The second-order valence-corrected chi connectivity index (χ2v) is 5.33. The highest BCUT2D eigenvalue weighted by atomic mass is 19.1. The Balaban J connectivity index is 1.96. The maximum absolute atomic E-state index is 14.4. The highest BCUT2D eigenvalue weighted by molar-refractivity contribution is 5.88. The van der Waals surface area contributed by atoms with Gasteiger partial charge in [0.2, 0.25) is 0 Å². The molecular formula is C18H18FN3O2. The van der Waals surface area contributed by atoms with E-state index in [1.807, 2.05) is 31.2 Å². The lowest BCUT2D eigenvalue weighted by Gasteiger charge is -2.18. The molecule has 0 saturated heterocycles. The van der Waals surface area contributed by atoms with Crippen molar-refractivity contribution >= 4 is 16.7 Å². The summed E-state index contributed by atoms with van der Waals surface area (Å²) >= 11 is 0. The number of halogens is 1. The van der Waals surface area contributed by atoms with Gasteiger partial charge in [0.1, 0.15) is 18.0 Å². The van der Waals surface area contributed by atoms with Crippen LogP contribution in [-0.4, -0.2) is 24.2 Å². The van der Waals surface area contributed by atoms with Crippen molar-refractivity contribution in [2.75, 3.05) is 19.5 Å². The molecule has 6 heteroatoms. The van der Waals surface area contributed by atoms with Gasteiger partial charge in [0, 0.05) is 17.0 Å². The van der Waals surface area contributed by atoms with Gasteiger partial charge < -0.3 is 14.8 Å². The molecule has 5 nitrogen and oxygen atoms in total. The van der Waals surface area contributed by atoms with Gasteiger partial charge in [-0.15, -0.1) is 0 Å². The van der Waals surface area contributed by atoms with Gasteiger partial charge in [-0.25, -0.2) is 14.4 Å². The number of methoxy groups -OCH3 is 2. The van der Waals surface area contributed by atoms with E-state index in [9.17, 15) is 4.39 Å². The summed E-state index contributed by atoms with van der Waals surface area (Å²) < 4.78 is 24.8. The monoisotopic (exact) mass is 327 g/mol. The standard InChI is InChI=1S/C18H18FN3O2/c1-11(13-8-16(23-2)17(24-3)9-14(13)19)22-18-12-6-4-5-7-15(12)20-10-21-18/h4-11H,1-3H3,(H,20,21,22). The first-order valence-corrected chi connectivity index (χ1v) is 7.51. The highest BCUT2D eigenvalue weighted by Gasteiger charge is 2.17. The van der Waals surface area contributed by atoms with Gasteiger partial charge >= 0.3 is 0 Å². The van der Waals surface area contributed by atoms with E-state index in [1.165, 1.54) is 26.6 Å². The van der Waals surface area contributed by atoms with Crippen LogP contribution in [0.25, 0.3) is 10.9 Å². The molecule has 0 spiro atoms. The van der Waals surface area contributed by atoms with Crippen LogP contribution in [0.2, 0.25) is 0 Å². The fourth-order valence-electron chi connectivity index (χ4n) is 2.60. The summed E-state index contributed by atoms with van der Waals surface area (Å²) in [6.45, 7) is 1.86. The van der Waals surface area contributed by atoms with Crippen molar-refractivity contribution in [3.8, 4) is 11.5 Å². The van der Waals surface area contributed by atoms with Crippen molar-refractivity contribution in [3.05, 3.63) is 54.1 Å². The van der Waals surface area contributed by atoms with Crippen LogP contribution in [-0.2, 0) is 0 Å². The summed E-state index contributed by atoms with van der Waals surface area (Å²) in [6.07, 6.45) is 1.49. The number of rotatable bonds is 5. The molecule has 0 fully saturated rings. The summed E-state index contributed by atoms with van der Waals surface area (Å²) in [5.74, 6) is 1.13. The van der Waals surface area contributed by atoms with Crippen LogP contribution in [0.5, 0.6) is 11.5 Å². The normalized spacial score (nSPS) is 12.0. The van der Waals surface area contributed by atoms with Gasteiger partial charge in [-0.3, -0.25) is 0 Å². The molecule has 24 heavy (non-hydrogen) atoms. The Hall–Kier alpha value is -2.89. The second kappa shape index (κ2) is 6.70. The minimum atomic E-state index is -0.369. The summed E-state index contributed by atoms with van der Waals surface area (Å²) in [6, 6.07) is 10.3. The Morgan fingerprint density at radius 1 is 1.04 bits per heavy atom. The Bertz CT molecular complexity index is 865. The average Bonchev–Trinajstić information content (AvgIpc) is 2.61. The summed E-state index contributed by atoms with van der Waals surface area (Å²) in [5, 5.41) is 4.13. The maximum atomic E-state index is 14.4. The van der Waals surface area contributed by atoms with E-state index in [4.69, 9.17) is 9.47 Å². The molecule has 2 aromatic carbocycles. The molecule has 3 aromatic rings. The number of benzene rings is 2. The van der Waals surface area contributed by atoms with E-state index in [0.717, 1.165) is 10.9 Å². The Morgan fingerprint density at radius 2 is 1.75 bits per heavy atom. The van der Waals surface area contributed by atoms with Gasteiger partial charge in [-0.2, -0.15) is 0 Å². The first kappa shape index (κ1) is 16.0. The van der Waals surface area contributed by atoms with Gasteiger partial charge in [-0.05, 0) is 25.1 Å². The zero-order chi connectivity index (χ0) is 17.1. The van der Waals surface area contributed by atoms with Crippen LogP contribution in [0, 0.1) is 5.82 Å². The maximum Gasteiger partial charge on any atom is 0.163 e. The SMILES string of the molecule is COc1cc(F)c(C(C)Nc2ncnc3ccccc23)cc1OC. The molecule has 1 atom stereocenters. The number of aromatic nitrogens is 2. The van der Waals surface area contributed by atoms with E-state index < -0.39 is 0 Å². The fraction of sp³-hybridized carbons (Fsp3) is 0.222. The van der Waals surface area contributed by atoms with Gasteiger partial charge in [0.05, 0.1) is 25.8 Å². The quantitative estimate of drug-likeness (QED) is 0.769. The highest BCUT2D eigenvalue weighted by Crippen LogP contribution is 2.33. The van der Waals surface area contributed by atoms with E-state index in [-0.39, 0.29) is 11.9 Å². The van der Waals surface area contributed by atoms with Gasteiger partial charge in [0.25, 0.3) is 0 Å². The lowest BCUT2D eigenvalue weighted by Crippen LogP contribution is -2.11. The molecule has 0 aliphatic rings. The first-order valence-electron chi connectivity index (χ1n) is 7.51. The van der Waals surface area contributed by atoms with Crippen LogP contribution < -0.4 is 14.8 Å². The molecule has 0 radical (unpaired) electrons. The second-order valence-electron chi connectivity index (χ2n) is 5.33. The largest absolute Gasteiger partial charge is 0.493 e. The van der Waals surface area contributed by atoms with Crippen LogP contribution >= 0.6 is 0 Å². The molecule has 1 aromatic heterocycles. The molecule has 0 bridgehead atoms. The third kappa shape index (κ3) is 2.95. The molecule has 0 saturated carbocycles. The molecule has 1 N–H and O–H groups in total. The predicted octanol–water partition coefficient (Wildman–Crippen LogP) is 3.96. The average molecular weight is 327 g/mol. The van der Waals surface area contributed by atoms with Crippen molar-refractivity contribution in [3.63, 3.8) is 0 Å². The molecule has 0 aliphatic heterocycles. The van der Waals surface area contributed by atoms with E-state index in [1.54, 1.807) is 6.07 Å². The number of nitrogens with zero attached hydrogens (tertiary/aromatic N) is 2. The zero-order valence-corrected chi connectivity index (χ0v) is 13.7. The number of fused-ring (bicyclic) bond motifs is 1. The van der Waals surface area contributed by atoms with Crippen LogP contribution in [0.4, 0.5) is 10.2 Å². The lowest BCUT2D eigenvalue weighted by atomic mass is 10.1. The Morgan fingerprint density at radius 3 is 2.50 bits per heavy atom. The third-order valence-corrected chi connectivity index (χ3v) is 3.87. The number of anilines is 1. The summed E-state index contributed by atoms with van der Waals surface area (Å²) in [7, 11) is 3.00. The molecule has 124 valence electrons. The smallest absolute Gasteiger partial charge is 0.163 e. The zero-order valence-electron chi connectivity index (χ0n) is 13.7. The molecule has 1 heterocycles. The Labute approximate surface area is 139 Å². The van der Waals surface area contributed by atoms with Crippen molar-refractivity contribution in [1.82, 2.24) is 9.97 Å². The number of nitrogens with one attached hydrogen (secondary N) is 1. The van der Waals surface area contributed by atoms with E-state index in [0.29, 0.717) is 22.9 Å². The number of para-hydroxylation sites is 1. The van der Waals surface area contributed by atoms with Crippen molar-refractivity contribution in [1.29, 1.82) is 0 Å². The molecular weight excluding hydrogens is 309 g/mol. The van der Waals surface area contributed by atoms with E-state index in [2.05, 4.69) is 15.3 Å². The summed E-state index contributed by atoms with van der Waals surface area (Å²) in [4.78, 5) is 8.51. The molecule has 0 aliphatic carbocycles. The molecule has 3 rings (SSSR count). The minimum Gasteiger partial charge on any atom is -0.493 e. The Kier molecular flexibility index (Phi) is 4.46. The first-order chi connectivity index (χ1) is 11.6. The van der Waals surface area contributed by atoms with Crippen LogP contribution in [0.3, 0.4) is 0 Å². The van der Waals surface area contributed by atoms with Crippen molar-refractivity contribution < 1.29 is 13.9 Å². The van der Waals surface area contributed by atoms with Gasteiger partial charge in [0.15, 0.2) is 11.5 Å².